The molecule has 6 heteroatoms. The van der Waals surface area contributed by atoms with E-state index in [0.29, 0.717) is 12.2 Å². The number of nitrogens with one attached hydrogen (secondary N) is 1. The highest BCUT2D eigenvalue weighted by atomic mass is 19.1. The van der Waals surface area contributed by atoms with E-state index >= 15 is 0 Å². The molecule has 5 nitrogen and oxygen atoms in total. The lowest BCUT2D eigenvalue weighted by Gasteiger charge is -2.23. The molecule has 1 aromatic rings. The summed E-state index contributed by atoms with van der Waals surface area (Å²) in [6.45, 7) is 2.57. The fraction of sp³-hybridized carbons (Fsp3) is 0.467. The van der Waals surface area contributed by atoms with Crippen LogP contribution in [0.1, 0.15) is 25.3 Å². The minimum atomic E-state index is -1.15. The number of hydrogen-bond acceptors (Lipinski definition) is 3. The Morgan fingerprint density at radius 1 is 1.38 bits per heavy atom. The first-order valence-electron chi connectivity index (χ1n) is 7.02. The second kappa shape index (κ2) is 5.11. The Balaban J connectivity index is 1.82. The molecule has 1 aromatic carbocycles. The van der Waals surface area contributed by atoms with Gasteiger partial charge in [0.2, 0.25) is 0 Å². The minimum Gasteiger partial charge on any atom is -0.376 e. The zero-order valence-corrected chi connectivity index (χ0v) is 11.8. The minimum absolute atomic E-state index is 0.0877. The van der Waals surface area contributed by atoms with E-state index in [1.807, 2.05) is 0 Å². The maximum absolute atomic E-state index is 13.0. The van der Waals surface area contributed by atoms with E-state index in [2.05, 4.69) is 5.32 Å². The normalized spacial score (nSPS) is 29.0. The summed E-state index contributed by atoms with van der Waals surface area (Å²) in [5.41, 5.74) is -0.583. The number of benzene rings is 1. The molecule has 2 atom stereocenters. The lowest BCUT2D eigenvalue weighted by Crippen LogP contribution is -2.42. The molecule has 2 saturated heterocycles. The van der Waals surface area contributed by atoms with Gasteiger partial charge in [-0.25, -0.2) is 9.18 Å². The molecule has 2 aliphatic heterocycles. The number of ether oxygens (including phenoxy) is 1. The van der Waals surface area contributed by atoms with E-state index in [0.717, 1.165) is 12.8 Å². The average molecular weight is 292 g/mol. The van der Waals surface area contributed by atoms with Crippen molar-refractivity contribution in [3.63, 3.8) is 0 Å². The third-order valence-electron chi connectivity index (χ3n) is 4.11. The summed E-state index contributed by atoms with van der Waals surface area (Å²) >= 11 is 0. The molecule has 3 amide bonds. The van der Waals surface area contributed by atoms with Crippen molar-refractivity contribution in [1.29, 1.82) is 0 Å². The zero-order valence-electron chi connectivity index (χ0n) is 11.8. The van der Waals surface area contributed by atoms with Crippen LogP contribution in [-0.2, 0) is 15.1 Å². The van der Waals surface area contributed by atoms with Gasteiger partial charge < -0.3 is 10.1 Å². The summed E-state index contributed by atoms with van der Waals surface area (Å²) in [4.78, 5) is 25.9. The molecule has 3 rings (SSSR count). The SMILES string of the molecule is CC1(c2ccc(F)cc2)NC(=O)N(CC2CCCO2)C1=O. The van der Waals surface area contributed by atoms with Gasteiger partial charge in [0.1, 0.15) is 11.4 Å². The summed E-state index contributed by atoms with van der Waals surface area (Å²) < 4.78 is 18.5. The van der Waals surface area contributed by atoms with Crippen molar-refractivity contribution in [2.24, 2.45) is 0 Å². The highest BCUT2D eigenvalue weighted by Crippen LogP contribution is 2.29. The lowest BCUT2D eigenvalue weighted by atomic mass is 9.92. The molecular formula is C15H17FN2O3. The van der Waals surface area contributed by atoms with Crippen molar-refractivity contribution in [2.75, 3.05) is 13.2 Å². The third-order valence-corrected chi connectivity index (χ3v) is 4.11. The topological polar surface area (TPSA) is 58.6 Å². The highest BCUT2D eigenvalue weighted by molar-refractivity contribution is 6.07. The third kappa shape index (κ3) is 2.40. The Hall–Kier alpha value is -1.95. The summed E-state index contributed by atoms with van der Waals surface area (Å²) in [7, 11) is 0. The molecule has 0 radical (unpaired) electrons. The number of imide groups is 1. The fourth-order valence-electron chi connectivity index (χ4n) is 2.83. The second-order valence-electron chi connectivity index (χ2n) is 5.61. The van der Waals surface area contributed by atoms with Gasteiger partial charge in [0.05, 0.1) is 12.6 Å². The number of carbonyl (C=O) groups is 2. The molecule has 0 spiro atoms. The number of rotatable bonds is 3. The molecule has 2 unspecified atom stereocenters. The second-order valence-corrected chi connectivity index (χ2v) is 5.61. The van der Waals surface area contributed by atoms with E-state index in [4.69, 9.17) is 4.74 Å². The van der Waals surface area contributed by atoms with Crippen LogP contribution in [0, 0.1) is 5.82 Å². The van der Waals surface area contributed by atoms with Gasteiger partial charge >= 0.3 is 6.03 Å². The summed E-state index contributed by atoms with van der Waals surface area (Å²) in [6.07, 6.45) is 1.71. The van der Waals surface area contributed by atoms with Crippen molar-refractivity contribution in [1.82, 2.24) is 10.2 Å². The van der Waals surface area contributed by atoms with Crippen LogP contribution in [0.4, 0.5) is 9.18 Å². The molecule has 0 bridgehead atoms. The summed E-state index contributed by atoms with van der Waals surface area (Å²) in [5, 5.41) is 2.70. The largest absolute Gasteiger partial charge is 0.376 e. The average Bonchev–Trinajstić information content (AvgIpc) is 3.03. The highest BCUT2D eigenvalue weighted by Gasteiger charge is 2.49. The predicted octanol–water partition coefficient (Wildman–Crippen LogP) is 1.77. The van der Waals surface area contributed by atoms with Crippen LogP contribution in [0.5, 0.6) is 0 Å². The van der Waals surface area contributed by atoms with E-state index in [1.165, 1.54) is 29.2 Å². The van der Waals surface area contributed by atoms with Crippen LogP contribution in [0.3, 0.4) is 0 Å². The Labute approximate surface area is 122 Å². The van der Waals surface area contributed by atoms with Gasteiger partial charge in [-0.05, 0) is 37.5 Å². The van der Waals surface area contributed by atoms with Gasteiger partial charge in [-0.3, -0.25) is 9.69 Å². The van der Waals surface area contributed by atoms with Gasteiger partial charge in [0.15, 0.2) is 0 Å². The van der Waals surface area contributed by atoms with Crippen LogP contribution < -0.4 is 5.32 Å². The number of hydrogen-bond donors (Lipinski definition) is 1. The molecular weight excluding hydrogens is 275 g/mol. The summed E-state index contributed by atoms with van der Waals surface area (Å²) in [5.74, 6) is -0.704. The molecule has 0 aliphatic carbocycles. The van der Waals surface area contributed by atoms with Crippen LogP contribution in [-0.4, -0.2) is 36.1 Å². The Morgan fingerprint density at radius 2 is 2.10 bits per heavy atom. The van der Waals surface area contributed by atoms with E-state index < -0.39 is 11.6 Å². The Morgan fingerprint density at radius 3 is 2.71 bits per heavy atom. The van der Waals surface area contributed by atoms with Crippen LogP contribution in [0.15, 0.2) is 24.3 Å². The monoisotopic (exact) mass is 292 g/mol. The molecule has 21 heavy (non-hydrogen) atoms. The molecule has 0 saturated carbocycles. The quantitative estimate of drug-likeness (QED) is 0.864. The smallest absolute Gasteiger partial charge is 0.325 e. The lowest BCUT2D eigenvalue weighted by molar-refractivity contribution is -0.132. The van der Waals surface area contributed by atoms with Gasteiger partial charge in [0, 0.05) is 6.61 Å². The van der Waals surface area contributed by atoms with Crippen LogP contribution in [0.25, 0.3) is 0 Å². The van der Waals surface area contributed by atoms with Crippen molar-refractivity contribution in [3.8, 4) is 0 Å². The van der Waals surface area contributed by atoms with Crippen molar-refractivity contribution >= 4 is 11.9 Å². The summed E-state index contributed by atoms with van der Waals surface area (Å²) in [6, 6.07) is 5.17. The number of urea groups is 1. The molecule has 112 valence electrons. The Bertz CT molecular complexity index is 569. The van der Waals surface area contributed by atoms with E-state index in [-0.39, 0.29) is 24.4 Å². The number of nitrogens with zero attached hydrogens (tertiary/aromatic N) is 1. The number of amides is 3. The van der Waals surface area contributed by atoms with Crippen LogP contribution in [0.2, 0.25) is 0 Å². The van der Waals surface area contributed by atoms with Crippen molar-refractivity contribution in [3.05, 3.63) is 35.6 Å². The van der Waals surface area contributed by atoms with Gasteiger partial charge in [0.25, 0.3) is 5.91 Å². The van der Waals surface area contributed by atoms with Crippen LogP contribution >= 0.6 is 0 Å². The molecule has 2 aliphatic rings. The van der Waals surface area contributed by atoms with Crippen molar-refractivity contribution < 1.29 is 18.7 Å². The first-order valence-corrected chi connectivity index (χ1v) is 7.02. The first kappa shape index (κ1) is 14.0. The standard InChI is InChI=1S/C15H17FN2O3/c1-15(10-4-6-11(16)7-5-10)13(19)18(14(20)17-15)9-12-3-2-8-21-12/h4-7,12H,2-3,8-9H2,1H3,(H,17,20). The number of carbonyl (C=O) groups excluding carboxylic acids is 2. The molecule has 0 aromatic heterocycles. The van der Waals surface area contributed by atoms with Gasteiger partial charge in [-0.15, -0.1) is 0 Å². The Kier molecular flexibility index (Phi) is 3.41. The first-order chi connectivity index (χ1) is 10.0. The molecule has 2 fully saturated rings. The maximum atomic E-state index is 13.0. The maximum Gasteiger partial charge on any atom is 0.325 e. The number of halogens is 1. The zero-order chi connectivity index (χ0) is 15.0. The van der Waals surface area contributed by atoms with Crippen molar-refractivity contribution in [2.45, 2.75) is 31.4 Å². The van der Waals surface area contributed by atoms with E-state index in [1.54, 1.807) is 6.92 Å². The molecule has 2 heterocycles. The fourth-order valence-corrected chi connectivity index (χ4v) is 2.83. The molecule has 1 N–H and O–H groups in total. The van der Waals surface area contributed by atoms with E-state index in [9.17, 15) is 14.0 Å². The van der Waals surface area contributed by atoms with Gasteiger partial charge in [-0.1, -0.05) is 12.1 Å². The predicted molar refractivity (Wildman–Crippen MR) is 73.0 cm³/mol. The van der Waals surface area contributed by atoms with Gasteiger partial charge in [-0.2, -0.15) is 0 Å².